The standard InChI is InChI=1S/C17H17NO3S2/c19-14(9-8-11-5-4-10-22-11)18-16-15(17(20)21)12-6-2-1-3-7-13(12)23-16/h4-5,8-10H,1-3,6-7H2,(H,18,19)(H,20,21)/p-1. The van der Waals surface area contributed by atoms with Gasteiger partial charge in [-0.2, -0.15) is 0 Å². The molecule has 120 valence electrons. The van der Waals surface area contributed by atoms with Crippen LogP contribution in [0.4, 0.5) is 5.00 Å². The highest BCUT2D eigenvalue weighted by Crippen LogP contribution is 2.37. The largest absolute Gasteiger partial charge is 0.545 e. The number of hydrogen-bond donors (Lipinski definition) is 1. The molecule has 0 saturated heterocycles. The lowest BCUT2D eigenvalue weighted by Crippen LogP contribution is -2.25. The first-order valence-electron chi connectivity index (χ1n) is 7.53. The number of thiophene rings is 2. The lowest BCUT2D eigenvalue weighted by atomic mass is 10.1. The van der Waals surface area contributed by atoms with Crippen molar-refractivity contribution in [1.82, 2.24) is 0 Å². The molecule has 2 aromatic heterocycles. The van der Waals surface area contributed by atoms with E-state index in [-0.39, 0.29) is 11.5 Å². The van der Waals surface area contributed by atoms with Crippen LogP contribution >= 0.6 is 22.7 Å². The molecule has 0 aromatic carbocycles. The fraction of sp³-hybridized carbons (Fsp3) is 0.294. The SMILES string of the molecule is O=C(C=Cc1cccs1)Nc1sc2c(c1C(=O)[O-])CCCCC2. The van der Waals surface area contributed by atoms with E-state index in [9.17, 15) is 14.7 Å². The van der Waals surface area contributed by atoms with Crippen molar-refractivity contribution in [3.63, 3.8) is 0 Å². The maximum Gasteiger partial charge on any atom is 0.249 e. The molecule has 23 heavy (non-hydrogen) atoms. The Kier molecular flexibility index (Phi) is 4.93. The van der Waals surface area contributed by atoms with Gasteiger partial charge in [-0.15, -0.1) is 22.7 Å². The van der Waals surface area contributed by atoms with Gasteiger partial charge in [0.2, 0.25) is 5.91 Å². The summed E-state index contributed by atoms with van der Waals surface area (Å²) in [6.07, 6.45) is 7.92. The van der Waals surface area contributed by atoms with Gasteiger partial charge in [0.05, 0.1) is 5.97 Å². The summed E-state index contributed by atoms with van der Waals surface area (Å²) in [6, 6.07) is 3.82. The predicted molar refractivity (Wildman–Crippen MR) is 91.9 cm³/mol. The number of fused-ring (bicyclic) bond motifs is 1. The van der Waals surface area contributed by atoms with Crippen LogP contribution in [0.15, 0.2) is 23.6 Å². The Hall–Kier alpha value is -1.92. The molecule has 0 unspecified atom stereocenters. The first-order chi connectivity index (χ1) is 11.1. The summed E-state index contributed by atoms with van der Waals surface area (Å²) in [4.78, 5) is 25.6. The molecule has 0 bridgehead atoms. The van der Waals surface area contributed by atoms with Gasteiger partial charge < -0.3 is 15.2 Å². The van der Waals surface area contributed by atoms with Gasteiger partial charge >= 0.3 is 0 Å². The van der Waals surface area contributed by atoms with Crippen LogP contribution in [-0.4, -0.2) is 11.9 Å². The highest BCUT2D eigenvalue weighted by Gasteiger charge is 2.21. The number of amides is 1. The van der Waals surface area contributed by atoms with E-state index in [4.69, 9.17) is 0 Å². The monoisotopic (exact) mass is 346 g/mol. The van der Waals surface area contributed by atoms with E-state index in [1.165, 1.54) is 28.7 Å². The van der Waals surface area contributed by atoms with Crippen molar-refractivity contribution in [3.8, 4) is 0 Å². The van der Waals surface area contributed by atoms with Crippen LogP contribution in [0, 0.1) is 0 Å². The fourth-order valence-corrected chi connectivity index (χ4v) is 4.64. The van der Waals surface area contributed by atoms with E-state index in [1.54, 1.807) is 6.08 Å². The van der Waals surface area contributed by atoms with Gasteiger partial charge in [-0.3, -0.25) is 4.79 Å². The fourth-order valence-electron chi connectivity index (χ4n) is 2.74. The van der Waals surface area contributed by atoms with Crippen LogP contribution in [0.1, 0.15) is 44.9 Å². The van der Waals surface area contributed by atoms with E-state index in [0.29, 0.717) is 5.00 Å². The minimum Gasteiger partial charge on any atom is -0.545 e. The topological polar surface area (TPSA) is 69.2 Å². The Morgan fingerprint density at radius 2 is 2.04 bits per heavy atom. The van der Waals surface area contributed by atoms with Crippen molar-refractivity contribution in [3.05, 3.63) is 44.5 Å². The minimum absolute atomic E-state index is 0.171. The molecule has 2 aromatic rings. The van der Waals surface area contributed by atoms with Crippen LogP contribution in [0.5, 0.6) is 0 Å². The van der Waals surface area contributed by atoms with Gasteiger partial charge in [-0.25, -0.2) is 0 Å². The molecular weight excluding hydrogens is 330 g/mol. The third-order valence-electron chi connectivity index (χ3n) is 3.80. The van der Waals surface area contributed by atoms with Gasteiger partial charge in [0, 0.05) is 21.4 Å². The third kappa shape index (κ3) is 3.71. The molecule has 4 nitrogen and oxygen atoms in total. The van der Waals surface area contributed by atoms with Crippen LogP contribution < -0.4 is 10.4 Å². The molecule has 1 amide bonds. The smallest absolute Gasteiger partial charge is 0.249 e. The zero-order chi connectivity index (χ0) is 16.2. The van der Waals surface area contributed by atoms with Crippen molar-refractivity contribution in [1.29, 1.82) is 0 Å². The normalized spacial score (nSPS) is 14.4. The van der Waals surface area contributed by atoms with Crippen LogP contribution in [0.2, 0.25) is 0 Å². The van der Waals surface area contributed by atoms with E-state index in [0.717, 1.165) is 47.4 Å². The average molecular weight is 346 g/mol. The Morgan fingerprint density at radius 1 is 1.22 bits per heavy atom. The molecule has 6 heteroatoms. The summed E-state index contributed by atoms with van der Waals surface area (Å²) in [5.41, 5.74) is 1.02. The van der Waals surface area contributed by atoms with Crippen molar-refractivity contribution in [2.45, 2.75) is 32.1 Å². The number of hydrogen-bond acceptors (Lipinski definition) is 5. The van der Waals surface area contributed by atoms with Crippen LogP contribution in [0.3, 0.4) is 0 Å². The van der Waals surface area contributed by atoms with E-state index >= 15 is 0 Å². The number of anilines is 1. The summed E-state index contributed by atoms with van der Waals surface area (Å²) in [7, 11) is 0. The number of carbonyl (C=O) groups is 2. The predicted octanol–water partition coefficient (Wildman–Crippen LogP) is 3.09. The van der Waals surface area contributed by atoms with Crippen molar-refractivity contribution >= 4 is 45.6 Å². The summed E-state index contributed by atoms with van der Waals surface area (Å²) in [5.74, 6) is -1.53. The quantitative estimate of drug-likeness (QED) is 0.683. The summed E-state index contributed by atoms with van der Waals surface area (Å²) < 4.78 is 0. The molecule has 1 aliphatic rings. The molecule has 0 aliphatic heterocycles. The second-order valence-electron chi connectivity index (χ2n) is 5.39. The van der Waals surface area contributed by atoms with E-state index < -0.39 is 5.97 Å². The minimum atomic E-state index is -1.21. The first-order valence-corrected chi connectivity index (χ1v) is 9.23. The summed E-state index contributed by atoms with van der Waals surface area (Å²) in [5, 5.41) is 16.6. The molecule has 1 N–H and O–H groups in total. The molecule has 1 aliphatic carbocycles. The number of nitrogens with one attached hydrogen (secondary N) is 1. The number of aromatic carboxylic acids is 1. The maximum absolute atomic E-state index is 12.1. The zero-order valence-electron chi connectivity index (χ0n) is 12.5. The number of rotatable bonds is 4. The van der Waals surface area contributed by atoms with E-state index in [2.05, 4.69) is 5.32 Å². The van der Waals surface area contributed by atoms with E-state index in [1.807, 2.05) is 17.5 Å². The van der Waals surface area contributed by atoms with Crippen LogP contribution in [0.25, 0.3) is 6.08 Å². The molecule has 0 fully saturated rings. The average Bonchev–Trinajstić information content (AvgIpc) is 3.08. The Balaban J connectivity index is 1.82. The zero-order valence-corrected chi connectivity index (χ0v) is 14.1. The number of aryl methyl sites for hydroxylation is 1. The third-order valence-corrected chi connectivity index (χ3v) is 5.85. The lowest BCUT2D eigenvalue weighted by molar-refractivity contribution is -0.254. The lowest BCUT2D eigenvalue weighted by Gasteiger charge is -2.08. The number of carbonyl (C=O) groups excluding carboxylic acids is 2. The number of carboxylic acid groups (broad SMARTS) is 1. The number of carboxylic acids is 1. The summed E-state index contributed by atoms with van der Waals surface area (Å²) >= 11 is 2.91. The van der Waals surface area contributed by atoms with Gasteiger partial charge in [0.25, 0.3) is 0 Å². The molecule has 0 spiro atoms. The van der Waals surface area contributed by atoms with Crippen molar-refractivity contribution < 1.29 is 14.7 Å². The first kappa shape index (κ1) is 16.0. The molecular formula is C17H16NO3S2-. The van der Waals surface area contributed by atoms with Gasteiger partial charge in [0.1, 0.15) is 5.00 Å². The Bertz CT molecular complexity index is 744. The highest BCUT2D eigenvalue weighted by atomic mass is 32.1. The van der Waals surface area contributed by atoms with Crippen LogP contribution in [-0.2, 0) is 17.6 Å². The summed E-state index contributed by atoms with van der Waals surface area (Å²) in [6.45, 7) is 0. The Morgan fingerprint density at radius 3 is 2.78 bits per heavy atom. The second kappa shape index (κ2) is 7.10. The Labute approximate surface area is 142 Å². The molecule has 0 atom stereocenters. The van der Waals surface area contributed by atoms with Gasteiger partial charge in [-0.05, 0) is 48.8 Å². The molecule has 3 rings (SSSR count). The molecule has 0 radical (unpaired) electrons. The van der Waals surface area contributed by atoms with Crippen molar-refractivity contribution in [2.75, 3.05) is 5.32 Å². The van der Waals surface area contributed by atoms with Gasteiger partial charge in [-0.1, -0.05) is 12.5 Å². The maximum atomic E-state index is 12.1. The molecule has 2 heterocycles. The molecule has 0 saturated carbocycles. The second-order valence-corrected chi connectivity index (χ2v) is 7.48. The van der Waals surface area contributed by atoms with Crippen molar-refractivity contribution in [2.24, 2.45) is 0 Å². The highest BCUT2D eigenvalue weighted by molar-refractivity contribution is 7.17. The van der Waals surface area contributed by atoms with Gasteiger partial charge in [0.15, 0.2) is 0 Å².